The lowest BCUT2D eigenvalue weighted by atomic mass is 9.77. The Morgan fingerprint density at radius 1 is 1.57 bits per heavy atom. The zero-order valence-corrected chi connectivity index (χ0v) is 8.66. The maximum absolute atomic E-state index is 11.3. The minimum atomic E-state index is -0.544. The highest BCUT2D eigenvalue weighted by atomic mass is 16.5. The van der Waals surface area contributed by atoms with Gasteiger partial charge in [0, 0.05) is 17.9 Å². The predicted octanol–water partition coefficient (Wildman–Crippen LogP) is 1.64. The normalized spacial score (nSPS) is 24.9. The number of hydrogen-bond acceptors (Lipinski definition) is 3. The summed E-state index contributed by atoms with van der Waals surface area (Å²) in [5.41, 5.74) is -0.0240. The number of ketones is 1. The topological polar surface area (TPSA) is 43.4 Å². The summed E-state index contributed by atoms with van der Waals surface area (Å²) in [6, 6.07) is 0. The Morgan fingerprint density at radius 2 is 2.14 bits per heavy atom. The minimum Gasteiger partial charge on any atom is -0.457 e. The second kappa shape index (κ2) is 3.40. The molecule has 0 aromatic rings. The van der Waals surface area contributed by atoms with E-state index in [4.69, 9.17) is 4.74 Å². The van der Waals surface area contributed by atoms with Gasteiger partial charge in [0.15, 0.2) is 5.78 Å². The Labute approximate surface area is 83.4 Å². The van der Waals surface area contributed by atoms with Crippen LogP contribution in [0.15, 0.2) is 24.3 Å². The van der Waals surface area contributed by atoms with Gasteiger partial charge in [0.05, 0.1) is 0 Å². The zero-order valence-electron chi connectivity index (χ0n) is 8.66. The molecule has 1 aliphatic carbocycles. The summed E-state index contributed by atoms with van der Waals surface area (Å²) in [6.45, 7) is 8.77. The second-order valence-corrected chi connectivity index (χ2v) is 4.03. The standard InChI is InChI=1S/C11H14O3/c1-7-9(13)5-6-11(3,4)10(7)14-8(2)12/h5-6,10H,1H2,2-4H3. The third kappa shape index (κ3) is 1.92. The summed E-state index contributed by atoms with van der Waals surface area (Å²) in [7, 11) is 0. The first kappa shape index (κ1) is 10.7. The minimum absolute atomic E-state index is 0.171. The Bertz CT molecular complexity index is 323. The highest BCUT2D eigenvalue weighted by Crippen LogP contribution is 2.33. The Hall–Kier alpha value is -1.38. The molecule has 14 heavy (non-hydrogen) atoms. The molecule has 0 spiro atoms. The lowest BCUT2D eigenvalue weighted by Gasteiger charge is -2.34. The lowest BCUT2D eigenvalue weighted by molar-refractivity contribution is -0.148. The molecule has 0 saturated heterocycles. The van der Waals surface area contributed by atoms with E-state index in [2.05, 4.69) is 6.58 Å². The van der Waals surface area contributed by atoms with E-state index in [1.165, 1.54) is 13.0 Å². The SMILES string of the molecule is C=C1C(=O)C=CC(C)(C)C1OC(C)=O. The van der Waals surface area contributed by atoms with E-state index in [9.17, 15) is 9.59 Å². The summed E-state index contributed by atoms with van der Waals surface area (Å²) in [6.07, 6.45) is 2.68. The van der Waals surface area contributed by atoms with Crippen LogP contribution in [0.25, 0.3) is 0 Å². The first-order chi connectivity index (χ1) is 6.34. The number of allylic oxidation sites excluding steroid dienone is 1. The molecular weight excluding hydrogens is 180 g/mol. The summed E-state index contributed by atoms with van der Waals surface area (Å²) < 4.78 is 5.08. The zero-order chi connectivity index (χ0) is 10.9. The van der Waals surface area contributed by atoms with Gasteiger partial charge in [-0.05, 0) is 6.08 Å². The molecule has 1 aliphatic rings. The molecule has 0 fully saturated rings. The van der Waals surface area contributed by atoms with Crippen LogP contribution in [-0.2, 0) is 14.3 Å². The molecule has 0 aromatic heterocycles. The number of ether oxygens (including phenoxy) is 1. The van der Waals surface area contributed by atoms with Gasteiger partial charge in [-0.15, -0.1) is 0 Å². The van der Waals surface area contributed by atoms with Gasteiger partial charge in [0.1, 0.15) is 6.10 Å². The van der Waals surface area contributed by atoms with Crippen molar-refractivity contribution in [1.82, 2.24) is 0 Å². The molecule has 3 heteroatoms. The molecule has 76 valence electrons. The van der Waals surface area contributed by atoms with Gasteiger partial charge in [-0.25, -0.2) is 0 Å². The molecular formula is C11H14O3. The number of rotatable bonds is 1. The Morgan fingerprint density at radius 3 is 2.64 bits per heavy atom. The average molecular weight is 194 g/mol. The van der Waals surface area contributed by atoms with E-state index in [1.54, 1.807) is 6.08 Å². The molecule has 0 radical (unpaired) electrons. The largest absolute Gasteiger partial charge is 0.457 e. The van der Waals surface area contributed by atoms with Crippen molar-refractivity contribution in [3.63, 3.8) is 0 Å². The maximum atomic E-state index is 11.3. The highest BCUT2D eigenvalue weighted by molar-refractivity contribution is 6.05. The van der Waals surface area contributed by atoms with Gasteiger partial charge in [0.2, 0.25) is 0 Å². The number of esters is 1. The molecule has 0 N–H and O–H groups in total. The van der Waals surface area contributed by atoms with Gasteiger partial charge >= 0.3 is 5.97 Å². The van der Waals surface area contributed by atoms with Crippen molar-refractivity contribution < 1.29 is 14.3 Å². The second-order valence-electron chi connectivity index (χ2n) is 4.03. The first-order valence-corrected chi connectivity index (χ1v) is 4.44. The van der Waals surface area contributed by atoms with E-state index < -0.39 is 12.1 Å². The predicted molar refractivity (Wildman–Crippen MR) is 52.6 cm³/mol. The molecule has 1 rings (SSSR count). The molecule has 0 aromatic carbocycles. The van der Waals surface area contributed by atoms with E-state index >= 15 is 0 Å². The number of carbonyl (C=O) groups is 2. The first-order valence-electron chi connectivity index (χ1n) is 4.44. The van der Waals surface area contributed by atoms with Crippen LogP contribution >= 0.6 is 0 Å². The van der Waals surface area contributed by atoms with Crippen LogP contribution < -0.4 is 0 Å². The van der Waals surface area contributed by atoms with Crippen molar-refractivity contribution >= 4 is 11.8 Å². The smallest absolute Gasteiger partial charge is 0.303 e. The van der Waals surface area contributed by atoms with Crippen molar-refractivity contribution in [2.75, 3.05) is 0 Å². The van der Waals surface area contributed by atoms with E-state index in [1.807, 2.05) is 13.8 Å². The van der Waals surface area contributed by atoms with Crippen LogP contribution in [0.1, 0.15) is 20.8 Å². The monoisotopic (exact) mass is 194 g/mol. The van der Waals surface area contributed by atoms with Gasteiger partial charge < -0.3 is 4.74 Å². The molecule has 0 heterocycles. The van der Waals surface area contributed by atoms with Gasteiger partial charge in [-0.2, -0.15) is 0 Å². The molecule has 3 nitrogen and oxygen atoms in total. The van der Waals surface area contributed by atoms with Crippen molar-refractivity contribution in [2.24, 2.45) is 5.41 Å². The maximum Gasteiger partial charge on any atom is 0.303 e. The summed E-state index contributed by atoms with van der Waals surface area (Å²) >= 11 is 0. The molecule has 0 saturated carbocycles. The van der Waals surface area contributed by atoms with Crippen LogP contribution in [0.4, 0.5) is 0 Å². The fraction of sp³-hybridized carbons (Fsp3) is 0.455. The lowest BCUT2D eigenvalue weighted by Crippen LogP contribution is -2.38. The molecule has 1 unspecified atom stereocenters. The summed E-state index contributed by atoms with van der Waals surface area (Å²) in [5, 5.41) is 0. The highest BCUT2D eigenvalue weighted by Gasteiger charge is 2.37. The van der Waals surface area contributed by atoms with E-state index in [0.29, 0.717) is 5.57 Å². The van der Waals surface area contributed by atoms with Gasteiger partial charge in [-0.3, -0.25) is 9.59 Å². The fourth-order valence-corrected chi connectivity index (χ4v) is 1.45. The van der Waals surface area contributed by atoms with Crippen LogP contribution in [0.3, 0.4) is 0 Å². The van der Waals surface area contributed by atoms with Crippen molar-refractivity contribution in [3.05, 3.63) is 24.3 Å². The Balaban J connectivity index is 3.00. The van der Waals surface area contributed by atoms with Crippen LogP contribution in [0.5, 0.6) is 0 Å². The van der Waals surface area contributed by atoms with Gasteiger partial charge in [-0.1, -0.05) is 26.5 Å². The van der Waals surface area contributed by atoms with Crippen LogP contribution in [0, 0.1) is 5.41 Å². The molecule has 0 amide bonds. The van der Waals surface area contributed by atoms with Crippen LogP contribution in [-0.4, -0.2) is 17.9 Å². The third-order valence-corrected chi connectivity index (χ3v) is 2.26. The number of hydrogen-bond donors (Lipinski definition) is 0. The fourth-order valence-electron chi connectivity index (χ4n) is 1.45. The van der Waals surface area contributed by atoms with Crippen LogP contribution in [0.2, 0.25) is 0 Å². The molecule has 0 bridgehead atoms. The number of carbonyl (C=O) groups excluding carboxylic acids is 2. The quantitative estimate of drug-likeness (QED) is 0.470. The molecule has 1 atom stereocenters. The van der Waals surface area contributed by atoms with E-state index in [-0.39, 0.29) is 11.2 Å². The van der Waals surface area contributed by atoms with Gasteiger partial charge in [0.25, 0.3) is 0 Å². The summed E-state index contributed by atoms with van der Waals surface area (Å²) in [5.74, 6) is -0.567. The molecule has 0 aliphatic heterocycles. The summed E-state index contributed by atoms with van der Waals surface area (Å²) in [4.78, 5) is 22.1. The van der Waals surface area contributed by atoms with Crippen molar-refractivity contribution in [1.29, 1.82) is 0 Å². The van der Waals surface area contributed by atoms with E-state index in [0.717, 1.165) is 0 Å². The van der Waals surface area contributed by atoms with Crippen molar-refractivity contribution in [2.45, 2.75) is 26.9 Å². The average Bonchev–Trinajstić information content (AvgIpc) is 2.06. The van der Waals surface area contributed by atoms with Crippen molar-refractivity contribution in [3.8, 4) is 0 Å². The Kier molecular flexibility index (Phi) is 2.60. The third-order valence-electron chi connectivity index (χ3n) is 2.26.